The van der Waals surface area contributed by atoms with Crippen LogP contribution in [0.1, 0.15) is 0 Å². The van der Waals surface area contributed by atoms with Crippen LogP contribution in [0.5, 0.6) is 0 Å². The van der Waals surface area contributed by atoms with Crippen molar-refractivity contribution in [2.75, 3.05) is 0 Å². The number of hydrogen-bond donors (Lipinski definition) is 0. The summed E-state index contributed by atoms with van der Waals surface area (Å²) in [6.07, 6.45) is 0. The fourth-order valence-corrected chi connectivity index (χ4v) is 0. The molecule has 0 heterocycles. The van der Waals surface area contributed by atoms with Gasteiger partial charge in [-0.05, 0) is 0 Å². The van der Waals surface area contributed by atoms with E-state index in [1.165, 1.54) is 0 Å². The Morgan fingerprint density at radius 2 is 1.11 bits per heavy atom. The minimum atomic E-state index is -5.39. The van der Waals surface area contributed by atoms with E-state index in [0.717, 1.165) is 0 Å². The molecule has 0 N–H and O–H groups in total. The number of rotatable bonds is 0. The van der Waals surface area contributed by atoms with E-state index < -0.39 is 7.82 Å². The quantitative estimate of drug-likeness (QED) is 0.324. The zero-order chi connectivity index (χ0) is 4.50. The third-order valence-electron chi connectivity index (χ3n) is 0. The van der Waals surface area contributed by atoms with Crippen molar-refractivity contribution in [2.24, 2.45) is 0 Å². The van der Waals surface area contributed by atoms with E-state index in [1.54, 1.807) is 0 Å². The van der Waals surface area contributed by atoms with Gasteiger partial charge in [0.15, 0.2) is 0 Å². The molecule has 0 aromatic carbocycles. The molecule has 0 saturated carbocycles. The van der Waals surface area contributed by atoms with Crippen molar-refractivity contribution < 1.29 is 89.9 Å². The molecule has 0 aromatic rings. The Kier molecular flexibility index (Phi) is 43.4. The molecule has 9 heteroatoms. The monoisotopic (exact) mass is 270 g/mol. The molecule has 0 bridgehead atoms. The molecule has 0 aliphatic carbocycles. The first-order valence-electron chi connectivity index (χ1n) is 0.730. The Balaban J connectivity index is -0.0000000133. The molecule has 0 spiro atoms. The Morgan fingerprint density at radius 1 is 1.11 bits per heavy atom. The Bertz CT molecular complexity index is 66.7. The largest absolute Gasteiger partial charge is 2.00 e. The van der Waals surface area contributed by atoms with Crippen molar-refractivity contribution in [3.8, 4) is 0 Å². The zero-order valence-electron chi connectivity index (χ0n) is 4.18. The van der Waals surface area contributed by atoms with Crippen LogP contribution in [0, 0.1) is 0 Å². The summed E-state index contributed by atoms with van der Waals surface area (Å²) in [6.45, 7) is 0. The van der Waals surface area contributed by atoms with Crippen molar-refractivity contribution in [3.63, 3.8) is 0 Å². The van der Waals surface area contributed by atoms with Crippen LogP contribution in [-0.2, 0) is 56.4 Å². The van der Waals surface area contributed by atoms with Crippen LogP contribution in [0.3, 0.4) is 0 Å². The van der Waals surface area contributed by atoms with E-state index in [2.05, 4.69) is 0 Å². The molecule has 0 rings (SSSR count). The summed E-state index contributed by atoms with van der Waals surface area (Å²) in [7, 11) is -5.39. The fourth-order valence-electron chi connectivity index (χ4n) is 0. The summed E-state index contributed by atoms with van der Waals surface area (Å²) >= 11 is 0. The van der Waals surface area contributed by atoms with Crippen LogP contribution < -0.4 is 33.5 Å². The van der Waals surface area contributed by atoms with Gasteiger partial charge >= 0.3 is 52.1 Å². The van der Waals surface area contributed by atoms with Gasteiger partial charge in [-0.1, -0.05) is 0 Å². The molecule has 0 amide bonds. The summed E-state index contributed by atoms with van der Waals surface area (Å²) in [5, 5.41) is 0. The minimum Gasteiger partial charge on any atom is -0.822 e. The standard InChI is InChI=1S/Co.Li.Ni.H3O4P.V/c;;;1-5(2,3)4;/h;;;(H3,1,2,3,4);/q+2;+1;+2;;/p-3. The minimum absolute atomic E-state index is 0. The van der Waals surface area contributed by atoms with E-state index >= 15 is 0 Å². The number of phosphoric acid groups is 1. The smallest absolute Gasteiger partial charge is 0.822 e. The van der Waals surface area contributed by atoms with Gasteiger partial charge in [0.2, 0.25) is 0 Å². The van der Waals surface area contributed by atoms with Crippen LogP contribution in [-0.4, -0.2) is 0 Å². The molecule has 0 saturated heterocycles. The molecule has 9 heavy (non-hydrogen) atoms. The second kappa shape index (κ2) is 12.9. The van der Waals surface area contributed by atoms with Crippen molar-refractivity contribution >= 4 is 7.82 Å². The van der Waals surface area contributed by atoms with Gasteiger partial charge in [0, 0.05) is 18.6 Å². The van der Waals surface area contributed by atoms with Gasteiger partial charge in [-0.2, -0.15) is 7.82 Å². The molecule has 0 atom stereocenters. The van der Waals surface area contributed by atoms with Crippen molar-refractivity contribution in [1.29, 1.82) is 0 Å². The maximum Gasteiger partial charge on any atom is 2.00 e. The molecule has 0 aromatic heterocycles. The summed E-state index contributed by atoms with van der Waals surface area (Å²) < 4.78 is 8.55. The first kappa shape index (κ1) is 30.2. The van der Waals surface area contributed by atoms with Crippen molar-refractivity contribution in [3.05, 3.63) is 0 Å². The van der Waals surface area contributed by atoms with Gasteiger partial charge in [0.25, 0.3) is 0 Å². The Hall–Kier alpha value is 2.29. The molecule has 0 unspecified atom stereocenters. The molecule has 52 valence electrons. The van der Waals surface area contributed by atoms with E-state index in [-0.39, 0.29) is 70.7 Å². The molecular formula is CoLiNiO4PV+2. The van der Waals surface area contributed by atoms with Gasteiger partial charge in [-0.25, -0.2) is 0 Å². The summed E-state index contributed by atoms with van der Waals surface area (Å²) in [5.74, 6) is 0. The van der Waals surface area contributed by atoms with Crippen LogP contribution in [0.15, 0.2) is 0 Å². The molecule has 0 fully saturated rings. The van der Waals surface area contributed by atoms with E-state index in [4.69, 9.17) is 19.2 Å². The SMILES string of the molecule is O=P([O-])([O-])[O-].[Co+2].[Li+].[Ni+2].[V]. The number of hydrogen-bond acceptors (Lipinski definition) is 4. The summed E-state index contributed by atoms with van der Waals surface area (Å²) in [6, 6.07) is 0. The predicted octanol–water partition coefficient (Wildman–Crippen LogP) is -5.83. The van der Waals surface area contributed by atoms with E-state index in [9.17, 15) is 0 Å². The second-order valence-electron chi connectivity index (χ2n) is 0.447. The summed E-state index contributed by atoms with van der Waals surface area (Å²) in [4.78, 5) is 25.6. The molecule has 0 aliphatic heterocycles. The first-order chi connectivity index (χ1) is 2.00. The Morgan fingerprint density at radius 3 is 1.11 bits per heavy atom. The average Bonchev–Trinajstić information content (AvgIpc) is 0.722. The zero-order valence-corrected chi connectivity index (χ0v) is 8.50. The fraction of sp³-hybridized carbons (Fsp3) is 0. The first-order valence-corrected chi connectivity index (χ1v) is 2.19. The predicted molar refractivity (Wildman–Crippen MR) is 7.61 cm³/mol. The molecule has 4 nitrogen and oxygen atoms in total. The third kappa shape index (κ3) is 135. The summed E-state index contributed by atoms with van der Waals surface area (Å²) in [5.41, 5.74) is 0. The van der Waals surface area contributed by atoms with Crippen LogP contribution in [0.2, 0.25) is 0 Å². The second-order valence-corrected chi connectivity index (χ2v) is 1.34. The molecule has 2 radical (unpaired) electrons. The van der Waals surface area contributed by atoms with Gasteiger partial charge in [-0.15, -0.1) is 0 Å². The van der Waals surface area contributed by atoms with Gasteiger partial charge in [-0.3, -0.25) is 0 Å². The van der Waals surface area contributed by atoms with E-state index in [0.29, 0.717) is 0 Å². The van der Waals surface area contributed by atoms with Gasteiger partial charge < -0.3 is 19.2 Å². The normalized spacial score (nSPS) is 6.56. The Labute approximate surface area is 97.0 Å². The maximum atomic E-state index is 8.55. The molecule has 0 aliphatic rings. The van der Waals surface area contributed by atoms with Crippen LogP contribution in [0.4, 0.5) is 0 Å². The van der Waals surface area contributed by atoms with Crippen molar-refractivity contribution in [1.82, 2.24) is 0 Å². The molecular weight excluding hydrogens is 270 g/mol. The van der Waals surface area contributed by atoms with Gasteiger partial charge in [0.05, 0.1) is 0 Å². The third-order valence-corrected chi connectivity index (χ3v) is 0. The van der Waals surface area contributed by atoms with Crippen LogP contribution >= 0.6 is 7.82 Å². The average molecular weight is 270 g/mol. The van der Waals surface area contributed by atoms with Crippen LogP contribution in [0.25, 0.3) is 0 Å². The maximum absolute atomic E-state index is 8.55. The van der Waals surface area contributed by atoms with Gasteiger partial charge in [0.1, 0.15) is 0 Å². The topological polar surface area (TPSA) is 86.2 Å². The van der Waals surface area contributed by atoms with Crippen molar-refractivity contribution in [2.45, 2.75) is 0 Å². The van der Waals surface area contributed by atoms with E-state index in [1.807, 2.05) is 0 Å².